The highest BCUT2D eigenvalue weighted by Crippen LogP contribution is 2.29. The molecule has 5 rings (SSSR count). The van der Waals surface area contributed by atoms with Crippen molar-refractivity contribution in [2.45, 2.75) is 19.8 Å². The molecule has 0 saturated heterocycles. The average Bonchev–Trinajstić information content (AvgIpc) is 3.23. The minimum atomic E-state index is -0.663. The van der Waals surface area contributed by atoms with Gasteiger partial charge in [0.15, 0.2) is 10.9 Å². The Hall–Kier alpha value is -3.91. The molecule has 0 unspecified atom stereocenters. The topological polar surface area (TPSA) is 107 Å². The van der Waals surface area contributed by atoms with Crippen LogP contribution in [0.5, 0.6) is 5.75 Å². The predicted molar refractivity (Wildman–Crippen MR) is 131 cm³/mol. The lowest BCUT2D eigenvalue weighted by atomic mass is 10.0. The third kappa shape index (κ3) is 3.22. The molecule has 0 aliphatic rings. The van der Waals surface area contributed by atoms with E-state index < -0.39 is 22.4 Å². The molecule has 164 valence electrons. The molecular formula is C25H17NO6S. The smallest absolute Gasteiger partial charge is 0.410 e. The molecule has 0 saturated carbocycles. The summed E-state index contributed by atoms with van der Waals surface area (Å²) >= 11 is 0.879. The van der Waals surface area contributed by atoms with Crippen LogP contribution in [0.15, 0.2) is 61.6 Å². The normalized spacial score (nSPS) is 11.5. The summed E-state index contributed by atoms with van der Waals surface area (Å²) in [6.45, 7) is 2.45. The fourth-order valence-corrected chi connectivity index (χ4v) is 5.26. The molecule has 1 aromatic heterocycles. The van der Waals surface area contributed by atoms with Gasteiger partial charge in [-0.1, -0.05) is 37.6 Å². The number of carbonyl (C=O) groups excluding carboxylic acids is 1. The van der Waals surface area contributed by atoms with Gasteiger partial charge in [-0.2, -0.15) is 0 Å². The predicted octanol–water partition coefficient (Wildman–Crippen LogP) is 3.57. The first-order valence-corrected chi connectivity index (χ1v) is 11.3. The van der Waals surface area contributed by atoms with E-state index in [2.05, 4.69) is 5.32 Å². The Morgan fingerprint density at radius 2 is 1.39 bits per heavy atom. The molecular weight excluding hydrogens is 442 g/mol. The van der Waals surface area contributed by atoms with E-state index in [-0.39, 0.29) is 52.9 Å². The largest absolute Gasteiger partial charge is 0.412 e. The van der Waals surface area contributed by atoms with Gasteiger partial charge in [0.2, 0.25) is 10.9 Å². The second-order valence-corrected chi connectivity index (χ2v) is 8.77. The summed E-state index contributed by atoms with van der Waals surface area (Å²) in [4.78, 5) is 64.8. The molecule has 0 bridgehead atoms. The number of nitrogens with one attached hydrogen (secondary N) is 1. The molecule has 1 N–H and O–H groups in total. The second kappa shape index (κ2) is 7.90. The van der Waals surface area contributed by atoms with Gasteiger partial charge in [0, 0.05) is 28.1 Å². The van der Waals surface area contributed by atoms with Crippen molar-refractivity contribution in [2.24, 2.45) is 0 Å². The quantitative estimate of drug-likeness (QED) is 0.412. The summed E-state index contributed by atoms with van der Waals surface area (Å²) in [6, 6.07) is 10.6. The Bertz CT molecular complexity index is 1810. The lowest BCUT2D eigenvalue weighted by Crippen LogP contribution is -2.27. The lowest BCUT2D eigenvalue weighted by molar-refractivity contribution is 0.200. The van der Waals surface area contributed by atoms with Crippen LogP contribution in [0.3, 0.4) is 0 Å². The fraction of sp³-hybridized carbons (Fsp3) is 0.160. The Morgan fingerprint density at radius 3 is 2.03 bits per heavy atom. The van der Waals surface area contributed by atoms with Crippen LogP contribution in [0.4, 0.5) is 4.79 Å². The number of hydrogen-bond acceptors (Lipinski definition) is 7. The molecule has 8 heteroatoms. The van der Waals surface area contributed by atoms with Crippen molar-refractivity contribution in [3.63, 3.8) is 0 Å². The third-order valence-corrected chi connectivity index (χ3v) is 6.87. The van der Waals surface area contributed by atoms with Crippen LogP contribution in [0.1, 0.15) is 19.8 Å². The van der Waals surface area contributed by atoms with E-state index in [1.807, 2.05) is 6.92 Å². The number of carbonyl (C=O) groups is 1. The van der Waals surface area contributed by atoms with Gasteiger partial charge in [0.05, 0.1) is 20.2 Å². The molecule has 0 aliphatic heterocycles. The van der Waals surface area contributed by atoms with Crippen molar-refractivity contribution < 1.29 is 9.53 Å². The zero-order valence-corrected chi connectivity index (χ0v) is 18.3. The summed E-state index contributed by atoms with van der Waals surface area (Å²) < 4.78 is 5.43. The summed E-state index contributed by atoms with van der Waals surface area (Å²) in [5, 5.41) is 3.18. The summed E-state index contributed by atoms with van der Waals surface area (Å²) in [6.07, 6.45) is 1.05. The maximum absolute atomic E-state index is 13.4. The first-order valence-electron chi connectivity index (χ1n) is 10.5. The van der Waals surface area contributed by atoms with Crippen LogP contribution in [-0.4, -0.2) is 12.6 Å². The molecule has 0 fully saturated rings. The molecule has 0 aliphatic carbocycles. The molecule has 0 radical (unpaired) electrons. The van der Waals surface area contributed by atoms with Crippen LogP contribution in [0.2, 0.25) is 0 Å². The van der Waals surface area contributed by atoms with Gasteiger partial charge in [0.25, 0.3) is 0 Å². The van der Waals surface area contributed by atoms with Gasteiger partial charge < -0.3 is 10.1 Å². The third-order valence-electron chi connectivity index (χ3n) is 5.68. The van der Waals surface area contributed by atoms with E-state index in [0.29, 0.717) is 6.54 Å². The van der Waals surface area contributed by atoms with Gasteiger partial charge in [-0.25, -0.2) is 4.79 Å². The van der Waals surface area contributed by atoms with Crippen molar-refractivity contribution in [3.05, 3.63) is 83.4 Å². The zero-order chi connectivity index (χ0) is 23.3. The van der Waals surface area contributed by atoms with Crippen LogP contribution in [0.25, 0.3) is 41.7 Å². The highest BCUT2D eigenvalue weighted by Gasteiger charge is 2.22. The molecule has 4 aromatic carbocycles. The fourth-order valence-electron chi connectivity index (χ4n) is 4.06. The highest BCUT2D eigenvalue weighted by atomic mass is 32.1. The Balaban J connectivity index is 1.78. The molecule has 1 heterocycles. The van der Waals surface area contributed by atoms with Gasteiger partial charge >= 0.3 is 6.09 Å². The van der Waals surface area contributed by atoms with E-state index in [9.17, 15) is 24.0 Å². The van der Waals surface area contributed by atoms with Gasteiger partial charge in [0.1, 0.15) is 5.75 Å². The van der Waals surface area contributed by atoms with Crippen LogP contribution in [-0.2, 0) is 0 Å². The molecule has 1 amide bonds. The zero-order valence-electron chi connectivity index (χ0n) is 17.5. The number of benzene rings is 4. The highest BCUT2D eigenvalue weighted by molar-refractivity contribution is 7.25. The molecule has 0 atom stereocenters. The average molecular weight is 459 g/mol. The SMILES string of the molecule is CCCCNC(=O)Oc1ccc2c(=O)c3sc4c(=O)c5ccccc5c(=O)c4c3c(=O)c2c1. The summed E-state index contributed by atoms with van der Waals surface area (Å²) in [5.41, 5.74) is -1.82. The number of amides is 1. The lowest BCUT2D eigenvalue weighted by Gasteiger charge is -2.07. The van der Waals surface area contributed by atoms with Crippen molar-refractivity contribution in [1.29, 1.82) is 0 Å². The molecule has 0 spiro atoms. The number of hydrogen-bond donors (Lipinski definition) is 1. The second-order valence-electron chi connectivity index (χ2n) is 7.75. The maximum Gasteiger partial charge on any atom is 0.412 e. The van der Waals surface area contributed by atoms with E-state index >= 15 is 0 Å². The van der Waals surface area contributed by atoms with Crippen molar-refractivity contribution in [1.82, 2.24) is 5.32 Å². The molecule has 7 nitrogen and oxygen atoms in total. The minimum Gasteiger partial charge on any atom is -0.410 e. The van der Waals surface area contributed by atoms with Gasteiger partial charge in [-0.3, -0.25) is 19.2 Å². The monoisotopic (exact) mass is 459 g/mol. The van der Waals surface area contributed by atoms with Gasteiger partial charge in [-0.05, 0) is 24.6 Å². The molecule has 33 heavy (non-hydrogen) atoms. The number of unbranched alkanes of at least 4 members (excludes halogenated alkanes) is 1. The van der Waals surface area contributed by atoms with Crippen LogP contribution < -0.4 is 31.8 Å². The van der Waals surface area contributed by atoms with Gasteiger partial charge in [-0.15, -0.1) is 11.3 Å². The standard InChI is InChI=1S/C25H17NO6S/c1-2-3-10-26-25(31)32-12-8-9-15-16(11-12)20(28)18-17-19(27)13-6-4-5-7-14(13)21(29)23(17)33-24(18)22(15)30/h4-9,11H,2-3,10H2,1H3,(H,26,31). The van der Waals surface area contributed by atoms with Crippen molar-refractivity contribution in [2.75, 3.05) is 6.54 Å². The number of ether oxygens (including phenoxy) is 1. The summed E-state index contributed by atoms with van der Waals surface area (Å²) in [7, 11) is 0. The summed E-state index contributed by atoms with van der Waals surface area (Å²) in [5.74, 6) is 0.101. The van der Waals surface area contributed by atoms with E-state index in [4.69, 9.17) is 4.74 Å². The Labute approximate surface area is 189 Å². The van der Waals surface area contributed by atoms with E-state index in [1.54, 1.807) is 18.2 Å². The number of thiophene rings is 1. The van der Waals surface area contributed by atoms with E-state index in [0.717, 1.165) is 24.2 Å². The maximum atomic E-state index is 13.4. The number of rotatable bonds is 4. The van der Waals surface area contributed by atoms with Crippen molar-refractivity contribution >= 4 is 59.1 Å². The van der Waals surface area contributed by atoms with Crippen molar-refractivity contribution in [3.8, 4) is 5.75 Å². The Morgan fingerprint density at radius 1 is 0.818 bits per heavy atom. The first-order chi connectivity index (χ1) is 15.9. The van der Waals surface area contributed by atoms with E-state index in [1.165, 1.54) is 24.3 Å². The first kappa shape index (κ1) is 21.0. The Kier molecular flexibility index (Phi) is 5.02. The minimum absolute atomic E-state index is 0.0219. The van der Waals surface area contributed by atoms with Crippen LogP contribution in [0, 0.1) is 0 Å². The number of fused-ring (bicyclic) bond motifs is 5. The molecule has 5 aromatic rings. The van der Waals surface area contributed by atoms with Crippen LogP contribution >= 0.6 is 11.3 Å².